The Hall–Kier alpha value is -2.04. The number of hydrogen-bond donors (Lipinski definition) is 1. The van der Waals surface area contributed by atoms with E-state index in [0.29, 0.717) is 12.1 Å². The van der Waals surface area contributed by atoms with Crippen LogP contribution < -0.4 is 14.8 Å². The van der Waals surface area contributed by atoms with Gasteiger partial charge in [0.15, 0.2) is 11.5 Å². The summed E-state index contributed by atoms with van der Waals surface area (Å²) < 4.78 is 10.8. The Morgan fingerprint density at radius 3 is 2.35 bits per heavy atom. The Kier molecular flexibility index (Phi) is 6.53. The number of nitrogens with zero attached hydrogens (tertiary/aromatic N) is 1. The molecular formula is C22H30N2O2. The molecule has 140 valence electrons. The van der Waals surface area contributed by atoms with Crippen molar-refractivity contribution in [3.05, 3.63) is 59.7 Å². The third-order valence-corrected chi connectivity index (χ3v) is 5.23. The molecule has 0 spiro atoms. The molecule has 1 fully saturated rings. The second-order valence-electron chi connectivity index (χ2n) is 7.04. The smallest absolute Gasteiger partial charge is 0.161 e. The summed E-state index contributed by atoms with van der Waals surface area (Å²) in [6.45, 7) is 5.56. The third-order valence-electron chi connectivity index (χ3n) is 5.23. The summed E-state index contributed by atoms with van der Waals surface area (Å²) in [7, 11) is 3.35. The summed E-state index contributed by atoms with van der Waals surface area (Å²) in [6, 6.07) is 17.8. The van der Waals surface area contributed by atoms with Gasteiger partial charge >= 0.3 is 0 Å². The maximum atomic E-state index is 5.43. The van der Waals surface area contributed by atoms with E-state index in [1.807, 2.05) is 6.07 Å². The summed E-state index contributed by atoms with van der Waals surface area (Å²) in [6.07, 6.45) is 2.37. The van der Waals surface area contributed by atoms with Crippen LogP contribution in [0.2, 0.25) is 0 Å². The van der Waals surface area contributed by atoms with Crippen LogP contribution in [-0.4, -0.2) is 38.3 Å². The number of rotatable bonds is 7. The molecule has 1 aliphatic rings. The SMILES string of the molecule is COc1ccc(C(C)NC2CCN(Cc3ccccc3)CC2)cc1OC. The molecule has 1 atom stereocenters. The second kappa shape index (κ2) is 9.06. The normalized spacial score (nSPS) is 17.0. The largest absolute Gasteiger partial charge is 0.493 e. The summed E-state index contributed by atoms with van der Waals surface area (Å²) >= 11 is 0. The van der Waals surface area contributed by atoms with Crippen molar-refractivity contribution in [2.45, 2.75) is 38.4 Å². The van der Waals surface area contributed by atoms with E-state index in [4.69, 9.17) is 9.47 Å². The fourth-order valence-corrected chi connectivity index (χ4v) is 3.67. The molecule has 1 saturated heterocycles. The third kappa shape index (κ3) is 4.77. The quantitative estimate of drug-likeness (QED) is 0.814. The summed E-state index contributed by atoms with van der Waals surface area (Å²) in [5.74, 6) is 1.56. The van der Waals surface area contributed by atoms with Crippen molar-refractivity contribution >= 4 is 0 Å². The van der Waals surface area contributed by atoms with Crippen molar-refractivity contribution in [3.63, 3.8) is 0 Å². The van der Waals surface area contributed by atoms with Crippen LogP contribution in [0.1, 0.15) is 36.9 Å². The van der Waals surface area contributed by atoms with Crippen LogP contribution in [0, 0.1) is 0 Å². The zero-order valence-electron chi connectivity index (χ0n) is 16.1. The molecule has 1 aliphatic heterocycles. The fourth-order valence-electron chi connectivity index (χ4n) is 3.67. The van der Waals surface area contributed by atoms with Crippen LogP contribution in [0.3, 0.4) is 0 Å². The Bertz CT molecular complexity index is 682. The van der Waals surface area contributed by atoms with E-state index >= 15 is 0 Å². The van der Waals surface area contributed by atoms with Gasteiger partial charge in [-0.15, -0.1) is 0 Å². The van der Waals surface area contributed by atoms with Gasteiger partial charge in [0.05, 0.1) is 14.2 Å². The van der Waals surface area contributed by atoms with E-state index in [-0.39, 0.29) is 0 Å². The molecule has 3 rings (SSSR count). The van der Waals surface area contributed by atoms with Gasteiger partial charge in [-0.1, -0.05) is 36.4 Å². The van der Waals surface area contributed by atoms with Crippen molar-refractivity contribution in [1.29, 1.82) is 0 Å². The summed E-state index contributed by atoms with van der Waals surface area (Å²) in [5.41, 5.74) is 2.63. The lowest BCUT2D eigenvalue weighted by atomic mass is 10.0. The molecule has 0 aromatic heterocycles. The molecule has 0 saturated carbocycles. The molecule has 1 N–H and O–H groups in total. The molecule has 0 bridgehead atoms. The minimum absolute atomic E-state index is 0.292. The Labute approximate surface area is 157 Å². The second-order valence-corrected chi connectivity index (χ2v) is 7.04. The number of hydrogen-bond acceptors (Lipinski definition) is 4. The lowest BCUT2D eigenvalue weighted by molar-refractivity contribution is 0.185. The van der Waals surface area contributed by atoms with Gasteiger partial charge in [0, 0.05) is 18.6 Å². The van der Waals surface area contributed by atoms with Crippen molar-refractivity contribution < 1.29 is 9.47 Å². The first-order valence-corrected chi connectivity index (χ1v) is 9.44. The van der Waals surface area contributed by atoms with E-state index in [2.05, 4.69) is 59.6 Å². The summed E-state index contributed by atoms with van der Waals surface area (Å²) in [4.78, 5) is 2.55. The Balaban J connectivity index is 1.51. The van der Waals surface area contributed by atoms with Gasteiger partial charge < -0.3 is 14.8 Å². The molecule has 2 aromatic rings. The van der Waals surface area contributed by atoms with E-state index in [9.17, 15) is 0 Å². The highest BCUT2D eigenvalue weighted by Gasteiger charge is 2.21. The fraction of sp³-hybridized carbons (Fsp3) is 0.455. The predicted octanol–water partition coefficient (Wildman–Crippen LogP) is 4.02. The van der Waals surface area contributed by atoms with Crippen LogP contribution in [0.25, 0.3) is 0 Å². The van der Waals surface area contributed by atoms with Gasteiger partial charge in [0.1, 0.15) is 0 Å². The van der Waals surface area contributed by atoms with E-state index in [1.54, 1.807) is 14.2 Å². The van der Waals surface area contributed by atoms with Crippen LogP contribution in [0.15, 0.2) is 48.5 Å². The first-order chi connectivity index (χ1) is 12.7. The van der Waals surface area contributed by atoms with Crippen molar-refractivity contribution in [2.75, 3.05) is 27.3 Å². The van der Waals surface area contributed by atoms with Gasteiger partial charge in [-0.05, 0) is 56.1 Å². The van der Waals surface area contributed by atoms with E-state index in [1.165, 1.54) is 24.0 Å². The highest BCUT2D eigenvalue weighted by atomic mass is 16.5. The first-order valence-electron chi connectivity index (χ1n) is 9.44. The highest BCUT2D eigenvalue weighted by molar-refractivity contribution is 5.43. The molecule has 4 nitrogen and oxygen atoms in total. The van der Waals surface area contributed by atoms with Crippen molar-refractivity contribution in [2.24, 2.45) is 0 Å². The van der Waals surface area contributed by atoms with Crippen LogP contribution in [0.4, 0.5) is 0 Å². The van der Waals surface area contributed by atoms with Gasteiger partial charge in [-0.2, -0.15) is 0 Å². The van der Waals surface area contributed by atoms with Gasteiger partial charge in [0.25, 0.3) is 0 Å². The minimum atomic E-state index is 0.292. The monoisotopic (exact) mass is 354 g/mol. The molecule has 0 radical (unpaired) electrons. The minimum Gasteiger partial charge on any atom is -0.493 e. The van der Waals surface area contributed by atoms with Gasteiger partial charge in [0.2, 0.25) is 0 Å². The topological polar surface area (TPSA) is 33.7 Å². The predicted molar refractivity (Wildman–Crippen MR) is 106 cm³/mol. The maximum absolute atomic E-state index is 5.43. The van der Waals surface area contributed by atoms with Gasteiger partial charge in [-0.3, -0.25) is 4.90 Å². The van der Waals surface area contributed by atoms with Crippen molar-refractivity contribution in [1.82, 2.24) is 10.2 Å². The van der Waals surface area contributed by atoms with Gasteiger partial charge in [-0.25, -0.2) is 0 Å². The molecule has 4 heteroatoms. The molecule has 1 unspecified atom stereocenters. The lowest BCUT2D eigenvalue weighted by Gasteiger charge is -2.34. The molecule has 1 heterocycles. The number of likely N-dealkylation sites (tertiary alicyclic amines) is 1. The summed E-state index contributed by atoms with van der Waals surface area (Å²) in [5, 5.41) is 3.79. The molecule has 0 aliphatic carbocycles. The lowest BCUT2D eigenvalue weighted by Crippen LogP contribution is -2.42. The number of ether oxygens (including phenoxy) is 2. The number of methoxy groups -OCH3 is 2. The zero-order valence-corrected chi connectivity index (χ0v) is 16.1. The first kappa shape index (κ1) is 18.7. The van der Waals surface area contributed by atoms with Crippen molar-refractivity contribution in [3.8, 4) is 11.5 Å². The van der Waals surface area contributed by atoms with Crippen LogP contribution >= 0.6 is 0 Å². The average molecular weight is 354 g/mol. The van der Waals surface area contributed by atoms with Crippen LogP contribution in [0.5, 0.6) is 11.5 Å². The van der Waals surface area contributed by atoms with E-state index in [0.717, 1.165) is 31.1 Å². The Morgan fingerprint density at radius 2 is 1.69 bits per heavy atom. The maximum Gasteiger partial charge on any atom is 0.161 e. The molecular weight excluding hydrogens is 324 g/mol. The number of nitrogens with one attached hydrogen (secondary N) is 1. The molecule has 0 amide bonds. The number of benzene rings is 2. The molecule has 26 heavy (non-hydrogen) atoms. The standard InChI is InChI=1S/C22H30N2O2/c1-17(19-9-10-21(25-2)22(15-19)26-3)23-20-11-13-24(14-12-20)16-18-7-5-4-6-8-18/h4-10,15,17,20,23H,11-14,16H2,1-3H3. The van der Waals surface area contributed by atoms with E-state index < -0.39 is 0 Å². The zero-order chi connectivity index (χ0) is 18.4. The number of piperidine rings is 1. The average Bonchev–Trinajstić information content (AvgIpc) is 2.69. The highest BCUT2D eigenvalue weighted by Crippen LogP contribution is 2.30. The molecule has 2 aromatic carbocycles. The Morgan fingerprint density at radius 1 is 1.00 bits per heavy atom. The van der Waals surface area contributed by atoms with Crippen LogP contribution in [-0.2, 0) is 6.54 Å².